The average molecular weight is 403 g/mol. The van der Waals surface area contributed by atoms with E-state index >= 15 is 0 Å². The molecule has 0 bridgehead atoms. The summed E-state index contributed by atoms with van der Waals surface area (Å²) < 4.78 is 0. The Kier molecular flexibility index (Phi) is 6.16. The SMILES string of the molecule is CCC(N)CNc1nc(-c2cc(Cl)ccc2O)ncc1-c1ccccc1Cl. The average Bonchev–Trinajstić information content (AvgIpc) is 2.68. The number of nitrogens with zero attached hydrogens (tertiary/aromatic N) is 2. The second-order valence-electron chi connectivity index (χ2n) is 6.15. The van der Waals surface area contributed by atoms with Gasteiger partial charge in [-0.05, 0) is 30.7 Å². The van der Waals surface area contributed by atoms with Gasteiger partial charge in [-0.15, -0.1) is 0 Å². The summed E-state index contributed by atoms with van der Waals surface area (Å²) in [7, 11) is 0. The van der Waals surface area contributed by atoms with Gasteiger partial charge in [-0.25, -0.2) is 9.97 Å². The molecule has 4 N–H and O–H groups in total. The smallest absolute Gasteiger partial charge is 0.165 e. The number of halogens is 2. The van der Waals surface area contributed by atoms with E-state index in [1.165, 1.54) is 6.07 Å². The standard InChI is InChI=1S/C20H20Cl2N4O/c1-2-13(23)10-24-20-16(14-5-3-4-6-17(14)22)11-25-19(26-20)15-9-12(21)7-8-18(15)27/h3-9,11,13,27H,2,10,23H2,1H3,(H,24,25,26). The van der Waals surface area contributed by atoms with Gasteiger partial charge in [0, 0.05) is 40.0 Å². The van der Waals surface area contributed by atoms with Crippen LogP contribution in [0.15, 0.2) is 48.7 Å². The number of rotatable bonds is 6. The molecule has 0 fully saturated rings. The normalized spacial score (nSPS) is 12.0. The van der Waals surface area contributed by atoms with Crippen LogP contribution in [0.25, 0.3) is 22.5 Å². The molecule has 0 aliphatic carbocycles. The van der Waals surface area contributed by atoms with Crippen molar-refractivity contribution in [3.05, 3.63) is 58.7 Å². The summed E-state index contributed by atoms with van der Waals surface area (Å²) in [4.78, 5) is 9.03. The molecule has 0 saturated heterocycles. The van der Waals surface area contributed by atoms with Crippen molar-refractivity contribution in [2.45, 2.75) is 19.4 Å². The molecule has 2 aromatic carbocycles. The Bertz CT molecular complexity index is 949. The first-order chi connectivity index (χ1) is 13.0. The van der Waals surface area contributed by atoms with Crippen LogP contribution >= 0.6 is 23.2 Å². The molecule has 1 atom stereocenters. The fourth-order valence-electron chi connectivity index (χ4n) is 2.58. The third kappa shape index (κ3) is 4.50. The highest BCUT2D eigenvalue weighted by Crippen LogP contribution is 2.35. The van der Waals surface area contributed by atoms with Crippen molar-refractivity contribution in [1.29, 1.82) is 0 Å². The van der Waals surface area contributed by atoms with Gasteiger partial charge in [0.1, 0.15) is 11.6 Å². The van der Waals surface area contributed by atoms with Crippen molar-refractivity contribution in [3.8, 4) is 28.3 Å². The largest absolute Gasteiger partial charge is 0.507 e. The van der Waals surface area contributed by atoms with Crippen LogP contribution < -0.4 is 11.1 Å². The van der Waals surface area contributed by atoms with Crippen LogP contribution in [0.4, 0.5) is 5.82 Å². The molecule has 3 aromatic rings. The van der Waals surface area contributed by atoms with Crippen LogP contribution in [0.1, 0.15) is 13.3 Å². The first-order valence-electron chi connectivity index (χ1n) is 8.60. The van der Waals surface area contributed by atoms with Gasteiger partial charge in [-0.2, -0.15) is 0 Å². The molecule has 5 nitrogen and oxygen atoms in total. The number of aromatic nitrogens is 2. The zero-order valence-corrected chi connectivity index (χ0v) is 16.3. The van der Waals surface area contributed by atoms with Crippen molar-refractivity contribution in [3.63, 3.8) is 0 Å². The first-order valence-corrected chi connectivity index (χ1v) is 9.35. The van der Waals surface area contributed by atoms with Gasteiger partial charge in [0.05, 0.1) is 5.56 Å². The van der Waals surface area contributed by atoms with E-state index in [-0.39, 0.29) is 11.8 Å². The number of nitrogens with one attached hydrogen (secondary N) is 1. The molecule has 1 heterocycles. The summed E-state index contributed by atoms with van der Waals surface area (Å²) in [6.07, 6.45) is 2.52. The maximum absolute atomic E-state index is 10.2. The number of aromatic hydroxyl groups is 1. The van der Waals surface area contributed by atoms with E-state index in [1.807, 2.05) is 31.2 Å². The lowest BCUT2D eigenvalue weighted by Gasteiger charge is -2.16. The van der Waals surface area contributed by atoms with E-state index in [1.54, 1.807) is 18.3 Å². The topological polar surface area (TPSA) is 84.1 Å². The zero-order valence-electron chi connectivity index (χ0n) is 14.8. The Morgan fingerprint density at radius 2 is 1.89 bits per heavy atom. The lowest BCUT2D eigenvalue weighted by molar-refractivity contribution is 0.477. The summed E-state index contributed by atoms with van der Waals surface area (Å²) in [5.41, 5.74) is 8.07. The van der Waals surface area contributed by atoms with E-state index in [9.17, 15) is 5.11 Å². The Morgan fingerprint density at radius 3 is 2.63 bits per heavy atom. The Balaban J connectivity index is 2.09. The molecule has 1 unspecified atom stereocenters. The third-order valence-corrected chi connectivity index (χ3v) is 4.77. The van der Waals surface area contributed by atoms with Gasteiger partial charge in [0.2, 0.25) is 0 Å². The summed E-state index contributed by atoms with van der Waals surface area (Å²) in [5, 5.41) is 14.5. The number of hydrogen-bond donors (Lipinski definition) is 3. The van der Waals surface area contributed by atoms with Crippen LogP contribution in [-0.2, 0) is 0 Å². The van der Waals surface area contributed by atoms with E-state index < -0.39 is 0 Å². The quantitative estimate of drug-likeness (QED) is 0.541. The van der Waals surface area contributed by atoms with Gasteiger partial charge in [0.25, 0.3) is 0 Å². The van der Waals surface area contributed by atoms with Crippen LogP contribution in [0, 0.1) is 0 Å². The second-order valence-corrected chi connectivity index (χ2v) is 6.99. The van der Waals surface area contributed by atoms with Crippen LogP contribution in [0.3, 0.4) is 0 Å². The molecule has 0 amide bonds. The molecule has 1 aromatic heterocycles. The highest BCUT2D eigenvalue weighted by atomic mass is 35.5. The molecule has 0 aliphatic rings. The van der Waals surface area contributed by atoms with Crippen molar-refractivity contribution in [1.82, 2.24) is 9.97 Å². The van der Waals surface area contributed by atoms with Gasteiger partial charge >= 0.3 is 0 Å². The predicted octanol–water partition coefficient (Wildman–Crippen LogP) is 4.97. The van der Waals surface area contributed by atoms with Gasteiger partial charge < -0.3 is 16.2 Å². The maximum atomic E-state index is 10.2. The minimum atomic E-state index is -0.0120. The summed E-state index contributed by atoms with van der Waals surface area (Å²) in [6.45, 7) is 2.57. The lowest BCUT2D eigenvalue weighted by Crippen LogP contribution is -2.28. The van der Waals surface area contributed by atoms with Gasteiger partial charge in [-0.1, -0.05) is 48.3 Å². The van der Waals surface area contributed by atoms with Crippen molar-refractivity contribution >= 4 is 29.0 Å². The van der Waals surface area contributed by atoms with E-state index in [4.69, 9.17) is 28.9 Å². The number of anilines is 1. The monoisotopic (exact) mass is 402 g/mol. The van der Waals surface area contributed by atoms with Crippen LogP contribution in [0.2, 0.25) is 10.0 Å². The number of hydrogen-bond acceptors (Lipinski definition) is 5. The minimum Gasteiger partial charge on any atom is -0.507 e. The van der Waals surface area contributed by atoms with Gasteiger partial charge in [-0.3, -0.25) is 0 Å². The number of benzene rings is 2. The fourth-order valence-corrected chi connectivity index (χ4v) is 2.99. The molecule has 3 rings (SSSR count). The molecule has 140 valence electrons. The summed E-state index contributed by atoms with van der Waals surface area (Å²) in [5.74, 6) is 1.01. The fraction of sp³-hybridized carbons (Fsp3) is 0.200. The Labute approximate surface area is 168 Å². The van der Waals surface area contributed by atoms with Crippen LogP contribution in [-0.4, -0.2) is 27.7 Å². The highest BCUT2D eigenvalue weighted by Gasteiger charge is 2.15. The number of phenols is 1. The van der Waals surface area contributed by atoms with Gasteiger partial charge in [0.15, 0.2) is 5.82 Å². The highest BCUT2D eigenvalue weighted by molar-refractivity contribution is 6.33. The molecule has 0 spiro atoms. The van der Waals surface area contributed by atoms with Crippen LogP contribution in [0.5, 0.6) is 5.75 Å². The van der Waals surface area contributed by atoms with Crippen molar-refractivity contribution in [2.75, 3.05) is 11.9 Å². The minimum absolute atomic E-state index is 0.0120. The molecule has 0 aliphatic heterocycles. The Hall–Kier alpha value is -2.34. The lowest BCUT2D eigenvalue weighted by atomic mass is 10.1. The third-order valence-electron chi connectivity index (χ3n) is 4.21. The van der Waals surface area contributed by atoms with E-state index in [0.717, 1.165) is 17.5 Å². The number of nitrogens with two attached hydrogens (primary N) is 1. The molecule has 0 radical (unpaired) electrons. The van der Waals surface area contributed by atoms with Crippen molar-refractivity contribution < 1.29 is 5.11 Å². The summed E-state index contributed by atoms with van der Waals surface area (Å²) >= 11 is 12.4. The molecule has 27 heavy (non-hydrogen) atoms. The van der Waals surface area contributed by atoms with E-state index in [0.29, 0.717) is 33.8 Å². The molecule has 7 heteroatoms. The van der Waals surface area contributed by atoms with E-state index in [2.05, 4.69) is 15.3 Å². The molecular formula is C20H20Cl2N4O. The maximum Gasteiger partial charge on any atom is 0.165 e. The summed E-state index contributed by atoms with van der Waals surface area (Å²) in [6, 6.07) is 12.2. The number of phenolic OH excluding ortho intramolecular Hbond substituents is 1. The second kappa shape index (κ2) is 8.57. The molecular weight excluding hydrogens is 383 g/mol. The first kappa shape index (κ1) is 19.4. The Morgan fingerprint density at radius 1 is 1.11 bits per heavy atom. The van der Waals surface area contributed by atoms with Crippen molar-refractivity contribution in [2.24, 2.45) is 5.73 Å². The zero-order chi connectivity index (χ0) is 19.4. The molecule has 0 saturated carbocycles. The predicted molar refractivity (Wildman–Crippen MR) is 111 cm³/mol.